The molecule has 0 radical (unpaired) electrons. The lowest BCUT2D eigenvalue weighted by Gasteiger charge is -2.11. The molecule has 2 aromatic heterocycles. The number of allylic oxidation sites excluding steroid dienone is 4. The van der Waals surface area contributed by atoms with Crippen LogP contribution < -0.4 is 0 Å². The van der Waals surface area contributed by atoms with Crippen molar-refractivity contribution >= 4 is 65.2 Å². The maximum Gasteiger partial charge on any atom is 0.0620 e. The first-order valence-electron chi connectivity index (χ1n) is 13.8. The standard InChI is InChI=1S/C38H25N/c1-3-8-24(9-4-1)26-14-16-28-20-34-32-12-7-13-33-35-21-29-17-15-27(25-10-5-2-6-11-25)19-31(29)23-37(35)39(38(32)33)36(34)22-30(28)18-26/h1-5,7-10,12-23H,6,11H2. The lowest BCUT2D eigenvalue weighted by atomic mass is 9.94. The summed E-state index contributed by atoms with van der Waals surface area (Å²) in [5, 5.41) is 10.5. The monoisotopic (exact) mass is 495 g/mol. The first kappa shape index (κ1) is 21.1. The molecule has 0 saturated heterocycles. The fourth-order valence-corrected chi connectivity index (χ4v) is 6.82. The molecule has 1 heteroatoms. The third kappa shape index (κ3) is 3.02. The predicted molar refractivity (Wildman–Crippen MR) is 168 cm³/mol. The van der Waals surface area contributed by atoms with Gasteiger partial charge in [-0.25, -0.2) is 0 Å². The maximum atomic E-state index is 2.51. The van der Waals surface area contributed by atoms with E-state index < -0.39 is 0 Å². The van der Waals surface area contributed by atoms with E-state index in [1.54, 1.807) is 0 Å². The quantitative estimate of drug-likeness (QED) is 0.225. The molecule has 0 unspecified atom stereocenters. The summed E-state index contributed by atoms with van der Waals surface area (Å²) in [6, 6.07) is 40.9. The zero-order valence-electron chi connectivity index (χ0n) is 21.5. The van der Waals surface area contributed by atoms with Crippen LogP contribution in [0.15, 0.2) is 127 Å². The van der Waals surface area contributed by atoms with Crippen LogP contribution in [0.5, 0.6) is 0 Å². The van der Waals surface area contributed by atoms with Gasteiger partial charge in [0.2, 0.25) is 0 Å². The Labute approximate surface area is 226 Å². The smallest absolute Gasteiger partial charge is 0.0620 e. The van der Waals surface area contributed by atoms with Crippen molar-refractivity contribution in [2.45, 2.75) is 12.8 Å². The molecule has 0 atom stereocenters. The highest BCUT2D eigenvalue weighted by Gasteiger charge is 2.18. The van der Waals surface area contributed by atoms with Gasteiger partial charge in [0.1, 0.15) is 0 Å². The minimum atomic E-state index is 1.11. The second kappa shape index (κ2) is 7.82. The third-order valence-corrected chi connectivity index (χ3v) is 8.72. The van der Waals surface area contributed by atoms with E-state index in [2.05, 4.69) is 132 Å². The molecule has 0 spiro atoms. The number of benzene rings is 6. The van der Waals surface area contributed by atoms with Gasteiger partial charge in [-0.1, -0.05) is 91.0 Å². The van der Waals surface area contributed by atoms with Crippen LogP contribution in [-0.2, 0) is 0 Å². The molecule has 0 aliphatic heterocycles. The minimum absolute atomic E-state index is 1.11. The van der Waals surface area contributed by atoms with Gasteiger partial charge in [0.05, 0.1) is 16.6 Å². The molecule has 0 bridgehead atoms. The lowest BCUT2D eigenvalue weighted by molar-refractivity contribution is 1.05. The molecule has 9 rings (SSSR count). The average Bonchev–Trinajstić information content (AvgIpc) is 3.50. The molecular formula is C38H25N. The summed E-state index contributed by atoms with van der Waals surface area (Å²) in [6.07, 6.45) is 8.95. The number of hydrogen-bond donors (Lipinski definition) is 0. The Morgan fingerprint density at radius 2 is 1.15 bits per heavy atom. The van der Waals surface area contributed by atoms with Crippen molar-refractivity contribution in [3.8, 4) is 11.1 Å². The number of hydrogen-bond acceptors (Lipinski definition) is 0. The van der Waals surface area contributed by atoms with Crippen LogP contribution in [0.4, 0.5) is 0 Å². The SMILES string of the molecule is C1=CCCC(c2ccc3cc4c5cccc6c7cc8ccc(-c9ccccc9)cc8cc7n(c4cc3c2)c56)=C1. The number of nitrogens with zero attached hydrogens (tertiary/aromatic N) is 1. The second-order valence-corrected chi connectivity index (χ2v) is 10.9. The Balaban J connectivity index is 1.36. The van der Waals surface area contributed by atoms with Gasteiger partial charge in [0.15, 0.2) is 0 Å². The highest BCUT2D eigenvalue weighted by molar-refractivity contribution is 6.26. The van der Waals surface area contributed by atoms with Crippen LogP contribution in [0.1, 0.15) is 18.4 Å². The van der Waals surface area contributed by atoms with Gasteiger partial charge in [-0.2, -0.15) is 0 Å². The first-order valence-corrected chi connectivity index (χ1v) is 13.8. The topological polar surface area (TPSA) is 4.41 Å². The summed E-state index contributed by atoms with van der Waals surface area (Å²) < 4.78 is 2.51. The zero-order chi connectivity index (χ0) is 25.5. The average molecular weight is 496 g/mol. The van der Waals surface area contributed by atoms with Crippen LogP contribution in [0.2, 0.25) is 0 Å². The molecule has 182 valence electrons. The summed E-state index contributed by atoms with van der Waals surface area (Å²) in [5.74, 6) is 0. The predicted octanol–water partition coefficient (Wildman–Crippen LogP) is 10.5. The Hall–Kier alpha value is -4.88. The van der Waals surface area contributed by atoms with Gasteiger partial charge >= 0.3 is 0 Å². The molecular weight excluding hydrogens is 470 g/mol. The van der Waals surface area contributed by atoms with Crippen molar-refractivity contribution in [2.24, 2.45) is 0 Å². The van der Waals surface area contributed by atoms with Gasteiger partial charge in [-0.15, -0.1) is 0 Å². The summed E-state index contributed by atoms with van der Waals surface area (Å²) in [4.78, 5) is 0. The first-order chi connectivity index (χ1) is 19.3. The highest BCUT2D eigenvalue weighted by Crippen LogP contribution is 2.42. The largest absolute Gasteiger partial charge is 0.308 e. The van der Waals surface area contributed by atoms with Crippen LogP contribution in [0.3, 0.4) is 0 Å². The van der Waals surface area contributed by atoms with E-state index in [0.717, 1.165) is 12.8 Å². The van der Waals surface area contributed by atoms with E-state index in [-0.39, 0.29) is 0 Å². The van der Waals surface area contributed by atoms with Crippen molar-refractivity contribution in [3.63, 3.8) is 0 Å². The number of fused-ring (bicyclic) bond motifs is 8. The van der Waals surface area contributed by atoms with Gasteiger partial charge < -0.3 is 4.40 Å². The van der Waals surface area contributed by atoms with E-state index in [0.29, 0.717) is 0 Å². The molecule has 0 N–H and O–H groups in total. The van der Waals surface area contributed by atoms with Crippen LogP contribution in [-0.4, -0.2) is 4.40 Å². The second-order valence-electron chi connectivity index (χ2n) is 10.9. The van der Waals surface area contributed by atoms with Crippen molar-refractivity contribution in [2.75, 3.05) is 0 Å². The highest BCUT2D eigenvalue weighted by atomic mass is 14.9. The van der Waals surface area contributed by atoms with Gasteiger partial charge in [0, 0.05) is 21.5 Å². The molecule has 6 aromatic carbocycles. The van der Waals surface area contributed by atoms with Crippen LogP contribution in [0, 0.1) is 0 Å². The van der Waals surface area contributed by atoms with E-state index in [1.165, 1.54) is 81.9 Å². The molecule has 1 aliphatic carbocycles. The molecule has 1 aliphatic rings. The summed E-state index contributed by atoms with van der Waals surface area (Å²) in [7, 11) is 0. The number of aromatic nitrogens is 1. The van der Waals surface area contributed by atoms with Crippen LogP contribution >= 0.6 is 0 Å². The van der Waals surface area contributed by atoms with E-state index in [1.807, 2.05) is 0 Å². The van der Waals surface area contributed by atoms with E-state index in [4.69, 9.17) is 0 Å². The zero-order valence-corrected chi connectivity index (χ0v) is 21.5. The van der Waals surface area contributed by atoms with Gasteiger partial charge in [-0.3, -0.25) is 0 Å². The summed E-state index contributed by atoms with van der Waals surface area (Å²) in [6.45, 7) is 0. The molecule has 2 heterocycles. The lowest BCUT2D eigenvalue weighted by Crippen LogP contribution is -1.88. The summed E-state index contributed by atoms with van der Waals surface area (Å²) >= 11 is 0. The summed E-state index contributed by atoms with van der Waals surface area (Å²) in [5.41, 5.74) is 9.18. The molecule has 1 nitrogen and oxygen atoms in total. The number of para-hydroxylation sites is 1. The Morgan fingerprint density at radius 1 is 0.487 bits per heavy atom. The van der Waals surface area contributed by atoms with Crippen molar-refractivity contribution in [1.29, 1.82) is 0 Å². The van der Waals surface area contributed by atoms with Crippen molar-refractivity contribution < 1.29 is 0 Å². The maximum absolute atomic E-state index is 2.51. The fourth-order valence-electron chi connectivity index (χ4n) is 6.82. The van der Waals surface area contributed by atoms with Crippen molar-refractivity contribution in [1.82, 2.24) is 4.40 Å². The molecule has 39 heavy (non-hydrogen) atoms. The van der Waals surface area contributed by atoms with Gasteiger partial charge in [0.25, 0.3) is 0 Å². The van der Waals surface area contributed by atoms with Gasteiger partial charge in [-0.05, 0) is 93.0 Å². The molecule has 0 amide bonds. The molecule has 0 fully saturated rings. The Kier molecular flexibility index (Phi) is 4.23. The normalized spacial score (nSPS) is 14.0. The third-order valence-electron chi connectivity index (χ3n) is 8.72. The minimum Gasteiger partial charge on any atom is -0.308 e. The Morgan fingerprint density at radius 3 is 1.82 bits per heavy atom. The van der Waals surface area contributed by atoms with Crippen LogP contribution in [0.25, 0.3) is 76.3 Å². The molecule has 8 aromatic rings. The number of rotatable bonds is 2. The van der Waals surface area contributed by atoms with E-state index >= 15 is 0 Å². The van der Waals surface area contributed by atoms with Crippen molar-refractivity contribution in [3.05, 3.63) is 133 Å². The molecule has 0 saturated carbocycles. The fraction of sp³-hybridized carbons (Fsp3) is 0.0526. The Bertz CT molecular complexity index is 2310. The van der Waals surface area contributed by atoms with E-state index in [9.17, 15) is 0 Å².